The van der Waals surface area contributed by atoms with Crippen molar-refractivity contribution < 1.29 is 14.3 Å². The van der Waals surface area contributed by atoms with E-state index >= 15 is 0 Å². The van der Waals surface area contributed by atoms with Gasteiger partial charge < -0.3 is 14.8 Å². The summed E-state index contributed by atoms with van der Waals surface area (Å²) in [6.07, 6.45) is 6.99. The Balaban J connectivity index is 1.40. The summed E-state index contributed by atoms with van der Waals surface area (Å²) in [4.78, 5) is 14.8. The predicted octanol–water partition coefficient (Wildman–Crippen LogP) is 2.98. The zero-order valence-corrected chi connectivity index (χ0v) is 15.8. The van der Waals surface area contributed by atoms with Gasteiger partial charge in [0.15, 0.2) is 0 Å². The van der Waals surface area contributed by atoms with E-state index in [0.29, 0.717) is 13.2 Å². The van der Waals surface area contributed by atoms with Gasteiger partial charge in [0.1, 0.15) is 12.4 Å². The largest absolute Gasteiger partial charge is 0.492 e. The minimum atomic E-state index is 0.199. The van der Waals surface area contributed by atoms with E-state index in [2.05, 4.69) is 10.2 Å². The van der Waals surface area contributed by atoms with Gasteiger partial charge in [-0.15, -0.1) is 0 Å². The molecule has 1 saturated heterocycles. The van der Waals surface area contributed by atoms with Gasteiger partial charge in [-0.3, -0.25) is 9.69 Å². The van der Waals surface area contributed by atoms with Crippen LogP contribution < -0.4 is 10.1 Å². The Bertz CT molecular complexity index is 550. The second-order valence-corrected chi connectivity index (χ2v) is 7.36. The van der Waals surface area contributed by atoms with Crippen LogP contribution in [0.15, 0.2) is 24.3 Å². The molecule has 0 radical (unpaired) electrons. The highest BCUT2D eigenvalue weighted by atomic mass is 16.5. The second kappa shape index (κ2) is 10.5. The number of benzene rings is 1. The molecule has 1 aliphatic carbocycles. The van der Waals surface area contributed by atoms with E-state index in [4.69, 9.17) is 9.47 Å². The van der Waals surface area contributed by atoms with Crippen LogP contribution >= 0.6 is 0 Å². The Kier molecular flexibility index (Phi) is 7.77. The normalized spacial score (nSPS) is 19.7. The maximum absolute atomic E-state index is 12.4. The van der Waals surface area contributed by atoms with E-state index in [9.17, 15) is 4.79 Å². The molecule has 26 heavy (non-hydrogen) atoms. The molecule has 0 aromatic heterocycles. The average molecular weight is 360 g/mol. The van der Waals surface area contributed by atoms with Crippen LogP contribution in [0.1, 0.15) is 44.1 Å². The first-order chi connectivity index (χ1) is 12.8. The number of hydrogen-bond acceptors (Lipinski definition) is 4. The van der Waals surface area contributed by atoms with Crippen LogP contribution in [0.2, 0.25) is 0 Å². The second-order valence-electron chi connectivity index (χ2n) is 7.36. The van der Waals surface area contributed by atoms with Gasteiger partial charge in [-0.25, -0.2) is 0 Å². The van der Waals surface area contributed by atoms with Crippen LogP contribution in [-0.4, -0.2) is 50.3 Å². The molecule has 1 aliphatic heterocycles. The fraction of sp³-hybridized carbons (Fsp3) is 0.667. The van der Waals surface area contributed by atoms with E-state index in [1.54, 1.807) is 0 Å². The van der Waals surface area contributed by atoms with Crippen LogP contribution in [0, 0.1) is 5.92 Å². The molecule has 5 nitrogen and oxygen atoms in total. The summed E-state index contributed by atoms with van der Waals surface area (Å²) >= 11 is 0. The highest BCUT2D eigenvalue weighted by molar-refractivity contribution is 5.78. The topological polar surface area (TPSA) is 50.8 Å². The maximum atomic E-state index is 12.4. The average Bonchev–Trinajstić information content (AvgIpc) is 2.97. The lowest BCUT2D eigenvalue weighted by Gasteiger charge is -2.26. The molecule has 0 spiro atoms. The van der Waals surface area contributed by atoms with Crippen molar-refractivity contribution in [1.82, 2.24) is 10.2 Å². The summed E-state index contributed by atoms with van der Waals surface area (Å²) in [5.41, 5.74) is 1.09. The van der Waals surface area contributed by atoms with Crippen molar-refractivity contribution in [2.24, 2.45) is 5.92 Å². The van der Waals surface area contributed by atoms with Crippen LogP contribution in [0.4, 0.5) is 0 Å². The lowest BCUT2D eigenvalue weighted by Crippen LogP contribution is -2.38. The van der Waals surface area contributed by atoms with Crippen LogP contribution in [0.5, 0.6) is 5.75 Å². The lowest BCUT2D eigenvalue weighted by molar-refractivity contribution is -0.125. The standard InChI is InChI=1S/C21H32N2O3/c24-21(19-7-3-1-2-4-8-19)22-17-18-6-5-9-20(16-18)26-15-12-23-10-13-25-14-11-23/h5-6,9,16,19H,1-4,7-8,10-15,17H2,(H,22,24). The summed E-state index contributed by atoms with van der Waals surface area (Å²) in [7, 11) is 0. The zero-order valence-electron chi connectivity index (χ0n) is 15.8. The van der Waals surface area contributed by atoms with E-state index in [1.165, 1.54) is 25.7 Å². The van der Waals surface area contributed by atoms with Gasteiger partial charge in [0, 0.05) is 32.1 Å². The molecule has 2 aliphatic rings. The minimum Gasteiger partial charge on any atom is -0.492 e. The smallest absolute Gasteiger partial charge is 0.223 e. The van der Waals surface area contributed by atoms with Gasteiger partial charge in [-0.2, -0.15) is 0 Å². The molecule has 1 heterocycles. The summed E-state index contributed by atoms with van der Waals surface area (Å²) in [5, 5.41) is 3.11. The molecular weight excluding hydrogens is 328 g/mol. The molecule has 0 unspecified atom stereocenters. The fourth-order valence-corrected chi connectivity index (χ4v) is 3.74. The summed E-state index contributed by atoms with van der Waals surface area (Å²) in [5.74, 6) is 1.29. The van der Waals surface area contributed by atoms with E-state index < -0.39 is 0 Å². The predicted molar refractivity (Wildman–Crippen MR) is 102 cm³/mol. The Hall–Kier alpha value is -1.59. The number of amides is 1. The highest BCUT2D eigenvalue weighted by Gasteiger charge is 2.19. The first-order valence-electron chi connectivity index (χ1n) is 10.1. The molecule has 1 aromatic rings. The molecule has 5 heteroatoms. The molecule has 0 atom stereocenters. The van der Waals surface area contributed by atoms with Crippen molar-refractivity contribution in [2.45, 2.75) is 45.1 Å². The monoisotopic (exact) mass is 360 g/mol. The Morgan fingerprint density at radius 1 is 1.15 bits per heavy atom. The SMILES string of the molecule is O=C(NCc1cccc(OCCN2CCOCC2)c1)C1CCCCCC1. The van der Waals surface area contributed by atoms with Gasteiger partial charge in [0.05, 0.1) is 13.2 Å². The Morgan fingerprint density at radius 2 is 1.92 bits per heavy atom. The third-order valence-electron chi connectivity index (χ3n) is 5.37. The van der Waals surface area contributed by atoms with Crippen molar-refractivity contribution >= 4 is 5.91 Å². The van der Waals surface area contributed by atoms with Crippen molar-refractivity contribution in [1.29, 1.82) is 0 Å². The third-order valence-corrected chi connectivity index (χ3v) is 5.37. The number of morpholine rings is 1. The molecule has 1 aromatic carbocycles. The number of nitrogens with one attached hydrogen (secondary N) is 1. The summed E-state index contributed by atoms with van der Waals surface area (Å²) in [6.45, 7) is 5.78. The lowest BCUT2D eigenvalue weighted by atomic mass is 9.99. The van der Waals surface area contributed by atoms with Gasteiger partial charge in [0.25, 0.3) is 0 Å². The third kappa shape index (κ3) is 6.29. The van der Waals surface area contributed by atoms with Crippen LogP contribution in [0.3, 0.4) is 0 Å². The number of rotatable bonds is 7. The fourth-order valence-electron chi connectivity index (χ4n) is 3.74. The van der Waals surface area contributed by atoms with Crippen molar-refractivity contribution in [3.05, 3.63) is 29.8 Å². The minimum absolute atomic E-state index is 0.199. The van der Waals surface area contributed by atoms with Gasteiger partial charge in [-0.05, 0) is 30.5 Å². The Morgan fingerprint density at radius 3 is 2.69 bits per heavy atom. The number of nitrogens with zero attached hydrogens (tertiary/aromatic N) is 1. The van der Waals surface area contributed by atoms with Gasteiger partial charge >= 0.3 is 0 Å². The molecule has 1 amide bonds. The molecule has 3 rings (SSSR count). The summed E-state index contributed by atoms with van der Waals surface area (Å²) < 4.78 is 11.3. The number of carbonyl (C=O) groups excluding carboxylic acids is 1. The van der Waals surface area contributed by atoms with Gasteiger partial charge in [0.2, 0.25) is 5.91 Å². The van der Waals surface area contributed by atoms with E-state index in [0.717, 1.165) is 57.0 Å². The zero-order chi connectivity index (χ0) is 18.0. The van der Waals surface area contributed by atoms with Crippen LogP contribution in [0.25, 0.3) is 0 Å². The number of ether oxygens (including phenoxy) is 2. The van der Waals surface area contributed by atoms with Gasteiger partial charge in [-0.1, -0.05) is 37.8 Å². The van der Waals surface area contributed by atoms with Crippen molar-refractivity contribution in [3.8, 4) is 5.75 Å². The summed E-state index contributed by atoms with van der Waals surface area (Å²) in [6, 6.07) is 8.06. The first-order valence-corrected chi connectivity index (χ1v) is 10.1. The first kappa shape index (κ1) is 19.2. The quantitative estimate of drug-likeness (QED) is 0.760. The number of carbonyl (C=O) groups is 1. The Labute approximate surface area is 157 Å². The molecule has 1 N–H and O–H groups in total. The van der Waals surface area contributed by atoms with Crippen molar-refractivity contribution in [3.63, 3.8) is 0 Å². The molecular formula is C21H32N2O3. The molecule has 144 valence electrons. The molecule has 1 saturated carbocycles. The van der Waals surface area contributed by atoms with E-state index in [-0.39, 0.29) is 11.8 Å². The van der Waals surface area contributed by atoms with Crippen LogP contribution in [-0.2, 0) is 16.1 Å². The molecule has 2 fully saturated rings. The van der Waals surface area contributed by atoms with E-state index in [1.807, 2.05) is 24.3 Å². The molecule has 0 bridgehead atoms. The number of hydrogen-bond donors (Lipinski definition) is 1. The van der Waals surface area contributed by atoms with Crippen molar-refractivity contribution in [2.75, 3.05) is 39.5 Å². The maximum Gasteiger partial charge on any atom is 0.223 e. The highest BCUT2D eigenvalue weighted by Crippen LogP contribution is 2.23.